The van der Waals surface area contributed by atoms with E-state index in [4.69, 9.17) is 5.73 Å². The number of carbonyl (C=O) groups excluding carboxylic acids is 1. The lowest BCUT2D eigenvalue weighted by Crippen LogP contribution is -2.36. The van der Waals surface area contributed by atoms with Crippen molar-refractivity contribution in [1.82, 2.24) is 5.32 Å². The van der Waals surface area contributed by atoms with Crippen LogP contribution < -0.4 is 11.1 Å². The summed E-state index contributed by atoms with van der Waals surface area (Å²) in [5.74, 6) is 0.392. The molecule has 3 nitrogen and oxygen atoms in total. The molecule has 17 heavy (non-hydrogen) atoms. The number of nitrogen functional groups attached to an aromatic ring is 1. The zero-order valence-corrected chi connectivity index (χ0v) is 12.0. The lowest BCUT2D eigenvalue weighted by molar-refractivity contribution is 0.0928. The van der Waals surface area contributed by atoms with E-state index in [1.54, 1.807) is 18.2 Å². The molecule has 1 amide bonds. The minimum atomic E-state index is -0.0722. The topological polar surface area (TPSA) is 55.1 Å². The van der Waals surface area contributed by atoms with Gasteiger partial charge in [-0.05, 0) is 47.0 Å². The SMILES string of the molecule is CCC(C)C(C)NC(=O)c1ccc(Br)c(N)c1. The van der Waals surface area contributed by atoms with Gasteiger partial charge >= 0.3 is 0 Å². The molecule has 0 aromatic heterocycles. The first-order valence-corrected chi connectivity index (χ1v) is 6.60. The number of hydrogen-bond donors (Lipinski definition) is 2. The number of halogens is 1. The average Bonchev–Trinajstić information content (AvgIpc) is 2.31. The normalized spacial score (nSPS) is 14.1. The minimum Gasteiger partial charge on any atom is -0.398 e. The lowest BCUT2D eigenvalue weighted by atomic mass is 10.0. The Morgan fingerprint density at radius 2 is 2.12 bits per heavy atom. The van der Waals surface area contributed by atoms with Gasteiger partial charge in [0, 0.05) is 21.8 Å². The summed E-state index contributed by atoms with van der Waals surface area (Å²) in [6.07, 6.45) is 1.05. The molecule has 94 valence electrons. The van der Waals surface area contributed by atoms with E-state index in [9.17, 15) is 4.79 Å². The van der Waals surface area contributed by atoms with Gasteiger partial charge in [0.05, 0.1) is 0 Å². The summed E-state index contributed by atoms with van der Waals surface area (Å²) < 4.78 is 0.809. The number of hydrogen-bond acceptors (Lipinski definition) is 2. The van der Waals surface area contributed by atoms with Crippen LogP contribution >= 0.6 is 15.9 Å². The Bertz CT molecular complexity index is 406. The molecule has 4 heteroatoms. The molecule has 0 bridgehead atoms. The van der Waals surface area contributed by atoms with Crippen LogP contribution in [0.3, 0.4) is 0 Å². The summed E-state index contributed by atoms with van der Waals surface area (Å²) in [6.45, 7) is 6.26. The Balaban J connectivity index is 2.73. The standard InChI is InChI=1S/C13H19BrN2O/c1-4-8(2)9(3)16-13(17)10-5-6-11(14)12(15)7-10/h5-9H,4,15H2,1-3H3,(H,16,17). The van der Waals surface area contributed by atoms with Gasteiger partial charge < -0.3 is 11.1 Å². The maximum atomic E-state index is 12.0. The first kappa shape index (κ1) is 14.0. The third-order valence-corrected chi connectivity index (χ3v) is 3.84. The number of nitrogens with two attached hydrogens (primary N) is 1. The summed E-state index contributed by atoms with van der Waals surface area (Å²) >= 11 is 3.31. The van der Waals surface area contributed by atoms with Crippen LogP contribution in [-0.2, 0) is 0 Å². The Kier molecular flexibility index (Phi) is 5.00. The molecule has 2 atom stereocenters. The number of amides is 1. The molecule has 3 N–H and O–H groups in total. The molecule has 1 aromatic rings. The van der Waals surface area contributed by atoms with E-state index in [0.717, 1.165) is 10.9 Å². The first-order chi connectivity index (χ1) is 7.95. The van der Waals surface area contributed by atoms with Crippen LogP contribution in [0.4, 0.5) is 5.69 Å². The fraction of sp³-hybridized carbons (Fsp3) is 0.462. The molecule has 0 aliphatic heterocycles. The van der Waals surface area contributed by atoms with Crippen LogP contribution in [0, 0.1) is 5.92 Å². The molecule has 2 unspecified atom stereocenters. The Morgan fingerprint density at radius 1 is 1.47 bits per heavy atom. The lowest BCUT2D eigenvalue weighted by Gasteiger charge is -2.20. The van der Waals surface area contributed by atoms with Crippen molar-refractivity contribution in [3.63, 3.8) is 0 Å². The van der Waals surface area contributed by atoms with Gasteiger partial charge in [-0.3, -0.25) is 4.79 Å². The van der Waals surface area contributed by atoms with Crippen molar-refractivity contribution in [3.8, 4) is 0 Å². The van der Waals surface area contributed by atoms with E-state index in [1.807, 2.05) is 6.92 Å². The van der Waals surface area contributed by atoms with Crippen molar-refractivity contribution < 1.29 is 4.79 Å². The van der Waals surface area contributed by atoms with E-state index in [0.29, 0.717) is 17.2 Å². The van der Waals surface area contributed by atoms with Crippen molar-refractivity contribution in [3.05, 3.63) is 28.2 Å². The summed E-state index contributed by atoms with van der Waals surface area (Å²) in [5, 5.41) is 2.98. The highest BCUT2D eigenvalue weighted by atomic mass is 79.9. The molecule has 0 aliphatic rings. The second-order valence-corrected chi connectivity index (χ2v) is 5.24. The smallest absolute Gasteiger partial charge is 0.251 e. The zero-order valence-electron chi connectivity index (χ0n) is 10.5. The van der Waals surface area contributed by atoms with Crippen LogP contribution in [0.5, 0.6) is 0 Å². The van der Waals surface area contributed by atoms with E-state index in [-0.39, 0.29) is 11.9 Å². The highest BCUT2D eigenvalue weighted by molar-refractivity contribution is 9.10. The highest BCUT2D eigenvalue weighted by Gasteiger charge is 2.14. The van der Waals surface area contributed by atoms with Gasteiger partial charge in [-0.25, -0.2) is 0 Å². The van der Waals surface area contributed by atoms with Crippen molar-refractivity contribution in [2.24, 2.45) is 5.92 Å². The highest BCUT2D eigenvalue weighted by Crippen LogP contribution is 2.20. The predicted octanol–water partition coefficient (Wildman–Crippen LogP) is 3.20. The monoisotopic (exact) mass is 298 g/mol. The quantitative estimate of drug-likeness (QED) is 0.839. The fourth-order valence-corrected chi connectivity index (χ4v) is 1.72. The van der Waals surface area contributed by atoms with Crippen molar-refractivity contribution in [2.45, 2.75) is 33.2 Å². The zero-order chi connectivity index (χ0) is 13.0. The number of carbonyl (C=O) groups is 1. The van der Waals surface area contributed by atoms with Crippen LogP contribution in [0.15, 0.2) is 22.7 Å². The molecule has 0 spiro atoms. The Hall–Kier alpha value is -1.03. The number of nitrogens with one attached hydrogen (secondary N) is 1. The van der Waals surface area contributed by atoms with Gasteiger partial charge in [0.2, 0.25) is 0 Å². The van der Waals surface area contributed by atoms with Crippen LogP contribution in [-0.4, -0.2) is 11.9 Å². The molecule has 0 aliphatic carbocycles. The molecule has 0 fully saturated rings. The average molecular weight is 299 g/mol. The van der Waals surface area contributed by atoms with Crippen LogP contribution in [0.2, 0.25) is 0 Å². The fourth-order valence-electron chi connectivity index (χ4n) is 1.47. The molecule has 0 saturated heterocycles. The van der Waals surface area contributed by atoms with Crippen molar-refractivity contribution in [1.29, 1.82) is 0 Å². The Morgan fingerprint density at radius 3 is 2.65 bits per heavy atom. The maximum Gasteiger partial charge on any atom is 0.251 e. The van der Waals surface area contributed by atoms with Gasteiger partial charge in [-0.15, -0.1) is 0 Å². The number of benzene rings is 1. The summed E-state index contributed by atoms with van der Waals surface area (Å²) in [5.41, 5.74) is 6.92. The van der Waals surface area contributed by atoms with Crippen LogP contribution in [0.1, 0.15) is 37.6 Å². The van der Waals surface area contributed by atoms with Crippen LogP contribution in [0.25, 0.3) is 0 Å². The maximum absolute atomic E-state index is 12.0. The molecular weight excluding hydrogens is 280 g/mol. The Labute approximate surface area is 111 Å². The van der Waals surface area contributed by atoms with Gasteiger partial charge in [0.1, 0.15) is 0 Å². The van der Waals surface area contributed by atoms with E-state index < -0.39 is 0 Å². The summed E-state index contributed by atoms with van der Waals surface area (Å²) in [4.78, 5) is 12.0. The minimum absolute atomic E-state index is 0.0722. The molecular formula is C13H19BrN2O. The molecule has 0 saturated carbocycles. The summed E-state index contributed by atoms with van der Waals surface area (Å²) in [7, 11) is 0. The molecule has 0 heterocycles. The summed E-state index contributed by atoms with van der Waals surface area (Å²) in [6, 6.07) is 5.40. The first-order valence-electron chi connectivity index (χ1n) is 5.81. The van der Waals surface area contributed by atoms with E-state index in [1.165, 1.54) is 0 Å². The van der Waals surface area contributed by atoms with Gasteiger partial charge in [0.25, 0.3) is 5.91 Å². The molecule has 0 radical (unpaired) electrons. The van der Waals surface area contributed by atoms with E-state index >= 15 is 0 Å². The van der Waals surface area contributed by atoms with Crippen molar-refractivity contribution in [2.75, 3.05) is 5.73 Å². The van der Waals surface area contributed by atoms with Crippen molar-refractivity contribution >= 4 is 27.5 Å². The second kappa shape index (κ2) is 6.05. The third kappa shape index (κ3) is 3.73. The predicted molar refractivity (Wildman–Crippen MR) is 74.9 cm³/mol. The largest absolute Gasteiger partial charge is 0.398 e. The number of anilines is 1. The second-order valence-electron chi connectivity index (χ2n) is 4.38. The third-order valence-electron chi connectivity index (χ3n) is 3.11. The number of rotatable bonds is 4. The molecule has 1 aromatic carbocycles. The van der Waals surface area contributed by atoms with E-state index in [2.05, 4.69) is 35.1 Å². The van der Waals surface area contributed by atoms with Gasteiger partial charge in [-0.1, -0.05) is 20.3 Å². The van der Waals surface area contributed by atoms with Gasteiger partial charge in [0.15, 0.2) is 0 Å². The van der Waals surface area contributed by atoms with Gasteiger partial charge in [-0.2, -0.15) is 0 Å². The molecule has 1 rings (SSSR count).